The molecule has 1 rings (SSSR count). The lowest BCUT2D eigenvalue weighted by Crippen LogP contribution is -2.25. The lowest BCUT2D eigenvalue weighted by molar-refractivity contribution is -0.115. The molecule has 1 aromatic heterocycles. The molecule has 0 aromatic carbocycles. The fraction of sp³-hybridized carbons (Fsp3) is 0.667. The highest BCUT2D eigenvalue weighted by Gasteiger charge is 2.19. The number of hydrogen-bond acceptors (Lipinski definition) is 5. The summed E-state index contributed by atoms with van der Waals surface area (Å²) in [5.41, 5.74) is -0.0809. The van der Waals surface area contributed by atoms with Crippen molar-refractivity contribution in [1.82, 2.24) is 14.7 Å². The molecule has 7 heteroatoms. The SMILES string of the molecule is CNCC(=O)Nc1nc(C(C)(C)C)ns1.Cl. The molecule has 0 fully saturated rings. The summed E-state index contributed by atoms with van der Waals surface area (Å²) in [5.74, 6) is 0.654. The molecule has 0 bridgehead atoms. The van der Waals surface area contributed by atoms with Crippen LogP contribution in [-0.4, -0.2) is 28.9 Å². The summed E-state index contributed by atoms with van der Waals surface area (Å²) in [4.78, 5) is 15.5. The summed E-state index contributed by atoms with van der Waals surface area (Å²) in [5, 5.41) is 6.00. The number of carbonyl (C=O) groups is 1. The van der Waals surface area contributed by atoms with Gasteiger partial charge in [0.15, 0.2) is 0 Å². The van der Waals surface area contributed by atoms with Crippen LogP contribution in [0.25, 0.3) is 0 Å². The van der Waals surface area contributed by atoms with Gasteiger partial charge in [0.2, 0.25) is 11.0 Å². The number of aromatic nitrogens is 2. The second-order valence-electron chi connectivity index (χ2n) is 4.25. The van der Waals surface area contributed by atoms with Gasteiger partial charge < -0.3 is 5.32 Å². The summed E-state index contributed by atoms with van der Waals surface area (Å²) in [6.07, 6.45) is 0. The molecule has 0 atom stereocenters. The van der Waals surface area contributed by atoms with Crippen molar-refractivity contribution in [2.24, 2.45) is 0 Å². The minimum Gasteiger partial charge on any atom is -0.311 e. The lowest BCUT2D eigenvalue weighted by Gasteiger charge is -2.12. The van der Waals surface area contributed by atoms with E-state index in [0.29, 0.717) is 5.13 Å². The fourth-order valence-electron chi connectivity index (χ4n) is 0.903. The highest BCUT2D eigenvalue weighted by Crippen LogP contribution is 2.22. The number of nitrogens with zero attached hydrogens (tertiary/aromatic N) is 2. The van der Waals surface area contributed by atoms with Gasteiger partial charge in [-0.25, -0.2) is 4.98 Å². The third kappa shape index (κ3) is 4.42. The monoisotopic (exact) mass is 264 g/mol. The zero-order valence-electron chi connectivity index (χ0n) is 9.83. The van der Waals surface area contributed by atoms with Crippen molar-refractivity contribution in [2.75, 3.05) is 18.9 Å². The molecule has 0 aliphatic heterocycles. The van der Waals surface area contributed by atoms with Crippen molar-refractivity contribution in [1.29, 1.82) is 0 Å². The first kappa shape index (κ1) is 15.3. The maximum Gasteiger partial charge on any atom is 0.240 e. The van der Waals surface area contributed by atoms with Crippen LogP contribution in [-0.2, 0) is 10.2 Å². The smallest absolute Gasteiger partial charge is 0.240 e. The Labute approximate surface area is 106 Å². The predicted octanol–water partition coefficient (Wildman–Crippen LogP) is 1.42. The van der Waals surface area contributed by atoms with Gasteiger partial charge in [0.25, 0.3) is 0 Å². The van der Waals surface area contributed by atoms with E-state index in [9.17, 15) is 4.79 Å². The number of likely N-dealkylation sites (N-methyl/N-ethyl adjacent to an activating group) is 1. The van der Waals surface area contributed by atoms with Crippen LogP contribution in [0.4, 0.5) is 5.13 Å². The van der Waals surface area contributed by atoms with Gasteiger partial charge in [-0.3, -0.25) is 10.1 Å². The van der Waals surface area contributed by atoms with E-state index in [2.05, 4.69) is 20.0 Å². The number of hydrogen-bond donors (Lipinski definition) is 2. The molecule has 5 nitrogen and oxygen atoms in total. The van der Waals surface area contributed by atoms with E-state index in [4.69, 9.17) is 0 Å². The minimum absolute atomic E-state index is 0. The van der Waals surface area contributed by atoms with Crippen LogP contribution in [0.2, 0.25) is 0 Å². The van der Waals surface area contributed by atoms with Gasteiger partial charge in [0.1, 0.15) is 5.82 Å². The average Bonchev–Trinajstić information content (AvgIpc) is 2.52. The van der Waals surface area contributed by atoms with Gasteiger partial charge in [0.05, 0.1) is 6.54 Å². The van der Waals surface area contributed by atoms with E-state index in [0.717, 1.165) is 5.82 Å². The normalized spacial score (nSPS) is 10.8. The molecule has 0 unspecified atom stereocenters. The van der Waals surface area contributed by atoms with Crippen LogP contribution < -0.4 is 10.6 Å². The van der Waals surface area contributed by atoms with Crippen molar-refractivity contribution in [3.8, 4) is 0 Å². The molecule has 16 heavy (non-hydrogen) atoms. The van der Waals surface area contributed by atoms with Crippen molar-refractivity contribution >= 4 is 35.0 Å². The molecular formula is C9H17ClN4OS. The topological polar surface area (TPSA) is 66.9 Å². The third-order valence-electron chi connectivity index (χ3n) is 1.68. The second kappa shape index (κ2) is 6.12. The number of carbonyl (C=O) groups excluding carboxylic acids is 1. The largest absolute Gasteiger partial charge is 0.311 e. The Morgan fingerprint density at radius 3 is 2.50 bits per heavy atom. The molecule has 2 N–H and O–H groups in total. The lowest BCUT2D eigenvalue weighted by atomic mass is 9.96. The average molecular weight is 265 g/mol. The minimum atomic E-state index is -0.103. The van der Waals surface area contributed by atoms with Crippen molar-refractivity contribution < 1.29 is 4.79 Å². The zero-order valence-corrected chi connectivity index (χ0v) is 11.5. The van der Waals surface area contributed by atoms with Gasteiger partial charge in [-0.15, -0.1) is 12.4 Å². The highest BCUT2D eigenvalue weighted by atomic mass is 35.5. The van der Waals surface area contributed by atoms with E-state index >= 15 is 0 Å². The molecule has 1 heterocycles. The number of anilines is 1. The van der Waals surface area contributed by atoms with Crippen molar-refractivity contribution in [3.63, 3.8) is 0 Å². The van der Waals surface area contributed by atoms with E-state index in [1.54, 1.807) is 7.05 Å². The van der Waals surface area contributed by atoms with Crippen LogP contribution in [0.15, 0.2) is 0 Å². The summed E-state index contributed by atoms with van der Waals surface area (Å²) in [6.45, 7) is 6.39. The molecule has 92 valence electrons. The van der Waals surface area contributed by atoms with E-state index in [1.807, 2.05) is 20.8 Å². The van der Waals surface area contributed by atoms with E-state index in [-0.39, 0.29) is 30.3 Å². The van der Waals surface area contributed by atoms with Crippen molar-refractivity contribution in [2.45, 2.75) is 26.2 Å². The summed E-state index contributed by atoms with van der Waals surface area (Å²) >= 11 is 1.21. The molecule has 1 aromatic rings. The Hall–Kier alpha value is -0.720. The second-order valence-corrected chi connectivity index (χ2v) is 5.00. The Morgan fingerprint density at radius 1 is 1.44 bits per heavy atom. The van der Waals surface area contributed by atoms with Crippen LogP contribution in [0.3, 0.4) is 0 Å². The number of rotatable bonds is 3. The molecule has 1 amide bonds. The number of amides is 1. The zero-order chi connectivity index (χ0) is 11.5. The van der Waals surface area contributed by atoms with Gasteiger partial charge in [-0.1, -0.05) is 20.8 Å². The van der Waals surface area contributed by atoms with Crippen LogP contribution >= 0.6 is 23.9 Å². The standard InChI is InChI=1S/C9H16N4OS.ClH/c1-9(2,3)7-12-8(15-13-7)11-6(14)5-10-4;/h10H,5H2,1-4H3,(H,11,12,13,14);1H. The molecule has 0 saturated carbocycles. The third-order valence-corrected chi connectivity index (χ3v) is 2.31. The molecular weight excluding hydrogens is 248 g/mol. The van der Waals surface area contributed by atoms with Crippen LogP contribution in [0.5, 0.6) is 0 Å². The first-order valence-electron chi connectivity index (χ1n) is 4.72. The van der Waals surface area contributed by atoms with Gasteiger partial charge in [-0.05, 0) is 7.05 Å². The molecule has 0 spiro atoms. The summed E-state index contributed by atoms with van der Waals surface area (Å²) in [7, 11) is 1.72. The van der Waals surface area contributed by atoms with Gasteiger partial charge >= 0.3 is 0 Å². The predicted molar refractivity (Wildman–Crippen MR) is 68.4 cm³/mol. The highest BCUT2D eigenvalue weighted by molar-refractivity contribution is 7.09. The molecule has 0 saturated heterocycles. The molecule has 0 aliphatic carbocycles. The first-order chi connectivity index (χ1) is 6.93. The Balaban J connectivity index is 0.00000225. The Kier molecular flexibility index (Phi) is 5.85. The summed E-state index contributed by atoms with van der Waals surface area (Å²) < 4.78 is 4.20. The maximum atomic E-state index is 11.2. The van der Waals surface area contributed by atoms with E-state index < -0.39 is 0 Å². The summed E-state index contributed by atoms with van der Waals surface area (Å²) in [6, 6.07) is 0. The number of halogens is 1. The van der Waals surface area contributed by atoms with Crippen molar-refractivity contribution in [3.05, 3.63) is 5.82 Å². The van der Waals surface area contributed by atoms with Crippen LogP contribution in [0, 0.1) is 0 Å². The molecule has 0 aliphatic rings. The van der Waals surface area contributed by atoms with Crippen LogP contribution in [0.1, 0.15) is 26.6 Å². The Bertz CT molecular complexity index is 348. The quantitative estimate of drug-likeness (QED) is 0.866. The first-order valence-corrected chi connectivity index (χ1v) is 5.49. The fourth-order valence-corrected chi connectivity index (χ4v) is 1.68. The van der Waals surface area contributed by atoms with E-state index in [1.165, 1.54) is 11.5 Å². The maximum absolute atomic E-state index is 11.2. The van der Waals surface area contributed by atoms with Gasteiger partial charge in [0, 0.05) is 16.9 Å². The number of nitrogens with one attached hydrogen (secondary N) is 2. The Morgan fingerprint density at radius 2 is 2.06 bits per heavy atom. The molecule has 0 radical (unpaired) electrons. The van der Waals surface area contributed by atoms with Gasteiger partial charge in [-0.2, -0.15) is 4.37 Å².